The molecule has 4 heteroatoms. The van der Waals surface area contributed by atoms with E-state index in [-0.39, 0.29) is 5.92 Å². The number of rotatable bonds is 6. The Morgan fingerprint density at radius 1 is 0.720 bits per heavy atom. The van der Waals surface area contributed by atoms with Crippen molar-refractivity contribution >= 4 is 8.60 Å². The van der Waals surface area contributed by atoms with Gasteiger partial charge in [0.1, 0.15) is 5.60 Å². The quantitative estimate of drug-likeness (QED) is 0.616. The third-order valence-corrected chi connectivity index (χ3v) is 4.99. The minimum Gasteiger partial charge on any atom is -0.328 e. The van der Waals surface area contributed by atoms with Crippen molar-refractivity contribution in [1.82, 2.24) is 0 Å². The van der Waals surface area contributed by atoms with Crippen LogP contribution >= 0.6 is 8.60 Å². The monoisotopic (exact) mass is 352 g/mol. The molecule has 0 aliphatic rings. The fraction of sp³-hybridized carbons (Fsp3) is 0.143. The second kappa shape index (κ2) is 7.90. The highest BCUT2D eigenvalue weighted by molar-refractivity contribution is 7.39. The van der Waals surface area contributed by atoms with Crippen LogP contribution in [0.25, 0.3) is 0 Å². The molecule has 0 saturated carbocycles. The average molecular weight is 352 g/mol. The first-order valence-electron chi connectivity index (χ1n) is 8.17. The van der Waals surface area contributed by atoms with Gasteiger partial charge in [0.2, 0.25) is 0 Å². The predicted molar refractivity (Wildman–Crippen MR) is 101 cm³/mol. The molecule has 3 aromatic rings. The Kier molecular flexibility index (Phi) is 5.62. The molecule has 0 spiro atoms. The molecule has 2 N–H and O–H groups in total. The summed E-state index contributed by atoms with van der Waals surface area (Å²) in [5.41, 5.74) is 1.83. The van der Waals surface area contributed by atoms with Gasteiger partial charge in [-0.05, 0) is 16.7 Å². The Labute approximate surface area is 149 Å². The summed E-state index contributed by atoms with van der Waals surface area (Å²) in [6, 6.07) is 29.5. The van der Waals surface area contributed by atoms with Gasteiger partial charge in [-0.1, -0.05) is 97.9 Å². The van der Waals surface area contributed by atoms with Crippen LogP contribution < -0.4 is 0 Å². The molecule has 3 nitrogen and oxygen atoms in total. The molecule has 0 amide bonds. The van der Waals surface area contributed by atoms with E-state index in [0.717, 1.165) is 16.7 Å². The standard InChI is InChI=1S/C21H21O3P/c1-17(18-11-5-2-6-12-18)21(24-25(22)23,19-13-7-3-8-14-19)20-15-9-4-10-16-20/h2-17,22-23H,1H3. The lowest BCUT2D eigenvalue weighted by Gasteiger charge is -2.40. The Hall–Kier alpha value is -2.03. The molecule has 0 saturated heterocycles. The van der Waals surface area contributed by atoms with E-state index in [9.17, 15) is 9.79 Å². The summed E-state index contributed by atoms with van der Waals surface area (Å²) in [7, 11) is -2.56. The van der Waals surface area contributed by atoms with Crippen molar-refractivity contribution in [2.24, 2.45) is 0 Å². The largest absolute Gasteiger partial charge is 0.328 e. The van der Waals surface area contributed by atoms with Gasteiger partial charge in [0.05, 0.1) is 0 Å². The van der Waals surface area contributed by atoms with Gasteiger partial charge >= 0.3 is 8.60 Å². The van der Waals surface area contributed by atoms with Crippen LogP contribution in [0.5, 0.6) is 0 Å². The summed E-state index contributed by atoms with van der Waals surface area (Å²) in [6.07, 6.45) is 0. The van der Waals surface area contributed by atoms with E-state index < -0.39 is 14.2 Å². The topological polar surface area (TPSA) is 49.7 Å². The summed E-state index contributed by atoms with van der Waals surface area (Å²) in [5.74, 6) is -0.136. The fourth-order valence-corrected chi connectivity index (χ4v) is 3.95. The summed E-state index contributed by atoms with van der Waals surface area (Å²) < 4.78 is 5.90. The molecule has 0 radical (unpaired) electrons. The maximum absolute atomic E-state index is 9.80. The maximum atomic E-state index is 9.80. The van der Waals surface area contributed by atoms with Gasteiger partial charge in [0, 0.05) is 5.92 Å². The van der Waals surface area contributed by atoms with Crippen LogP contribution in [0.3, 0.4) is 0 Å². The smallest absolute Gasteiger partial charge is 0.328 e. The molecule has 0 aliphatic carbocycles. The molecule has 0 heterocycles. The highest BCUT2D eigenvalue weighted by Crippen LogP contribution is 2.51. The highest BCUT2D eigenvalue weighted by Gasteiger charge is 2.43. The van der Waals surface area contributed by atoms with Crippen molar-refractivity contribution in [1.29, 1.82) is 0 Å². The van der Waals surface area contributed by atoms with Crippen molar-refractivity contribution < 1.29 is 14.3 Å². The van der Waals surface area contributed by atoms with Gasteiger partial charge in [-0.2, -0.15) is 0 Å². The number of benzene rings is 3. The van der Waals surface area contributed by atoms with Gasteiger partial charge in [-0.25, -0.2) is 0 Å². The molecule has 0 aromatic heterocycles. The van der Waals surface area contributed by atoms with Crippen LogP contribution in [-0.2, 0) is 10.1 Å². The Balaban J connectivity index is 2.25. The molecular formula is C21H21O3P. The first-order valence-corrected chi connectivity index (χ1v) is 9.34. The van der Waals surface area contributed by atoms with E-state index in [0.29, 0.717) is 0 Å². The zero-order chi connectivity index (χ0) is 17.7. The third-order valence-electron chi connectivity index (χ3n) is 4.54. The maximum Gasteiger partial charge on any atom is 0.328 e. The molecule has 0 fully saturated rings. The molecule has 1 unspecified atom stereocenters. The van der Waals surface area contributed by atoms with Gasteiger partial charge < -0.3 is 9.79 Å². The van der Waals surface area contributed by atoms with Gasteiger partial charge in [0.25, 0.3) is 0 Å². The van der Waals surface area contributed by atoms with Crippen LogP contribution in [0.2, 0.25) is 0 Å². The van der Waals surface area contributed by atoms with Crippen LogP contribution in [0.1, 0.15) is 29.5 Å². The van der Waals surface area contributed by atoms with E-state index >= 15 is 0 Å². The van der Waals surface area contributed by atoms with E-state index in [1.807, 2.05) is 97.9 Å². The van der Waals surface area contributed by atoms with E-state index in [2.05, 4.69) is 0 Å². The second-order valence-electron chi connectivity index (χ2n) is 5.94. The molecule has 25 heavy (non-hydrogen) atoms. The van der Waals surface area contributed by atoms with Crippen LogP contribution in [0, 0.1) is 0 Å². The highest BCUT2D eigenvalue weighted by atomic mass is 31.2. The SMILES string of the molecule is CC(c1ccccc1)C(OP(O)O)(c1ccccc1)c1ccccc1. The molecule has 128 valence electrons. The molecule has 0 aliphatic heterocycles. The Morgan fingerprint density at radius 2 is 1.12 bits per heavy atom. The van der Waals surface area contributed by atoms with Crippen LogP contribution in [0.4, 0.5) is 0 Å². The van der Waals surface area contributed by atoms with Crippen LogP contribution in [-0.4, -0.2) is 9.79 Å². The number of hydrogen-bond donors (Lipinski definition) is 2. The zero-order valence-electron chi connectivity index (χ0n) is 14.0. The summed E-state index contributed by atoms with van der Waals surface area (Å²) in [5, 5.41) is 0. The normalized spacial score (nSPS) is 13.0. The van der Waals surface area contributed by atoms with E-state index in [4.69, 9.17) is 4.52 Å². The summed E-state index contributed by atoms with van der Waals surface area (Å²) in [6.45, 7) is 2.05. The van der Waals surface area contributed by atoms with Gasteiger partial charge in [-0.3, -0.25) is 4.52 Å². The Morgan fingerprint density at radius 3 is 1.52 bits per heavy atom. The van der Waals surface area contributed by atoms with Crippen molar-refractivity contribution in [3.63, 3.8) is 0 Å². The lowest BCUT2D eigenvalue weighted by atomic mass is 9.74. The second-order valence-corrected chi connectivity index (χ2v) is 6.63. The first-order chi connectivity index (χ1) is 12.1. The molecule has 0 bridgehead atoms. The molecular weight excluding hydrogens is 331 g/mol. The van der Waals surface area contributed by atoms with Crippen molar-refractivity contribution in [3.05, 3.63) is 108 Å². The van der Waals surface area contributed by atoms with Gasteiger partial charge in [-0.15, -0.1) is 0 Å². The lowest BCUT2D eigenvalue weighted by Crippen LogP contribution is -2.35. The fourth-order valence-electron chi connectivity index (χ4n) is 3.33. The van der Waals surface area contributed by atoms with E-state index in [1.54, 1.807) is 0 Å². The minimum atomic E-state index is -2.56. The molecule has 3 aromatic carbocycles. The minimum absolute atomic E-state index is 0.136. The van der Waals surface area contributed by atoms with E-state index in [1.165, 1.54) is 0 Å². The third kappa shape index (κ3) is 3.65. The van der Waals surface area contributed by atoms with Crippen LogP contribution in [0.15, 0.2) is 91.0 Å². The van der Waals surface area contributed by atoms with Crippen molar-refractivity contribution in [2.75, 3.05) is 0 Å². The molecule has 3 rings (SSSR count). The summed E-state index contributed by atoms with van der Waals surface area (Å²) in [4.78, 5) is 19.6. The molecule has 1 atom stereocenters. The summed E-state index contributed by atoms with van der Waals surface area (Å²) >= 11 is 0. The lowest BCUT2D eigenvalue weighted by molar-refractivity contribution is 0.0678. The van der Waals surface area contributed by atoms with Crippen molar-refractivity contribution in [2.45, 2.75) is 18.4 Å². The predicted octanol–water partition coefficient (Wildman–Crippen LogP) is 4.96. The zero-order valence-corrected chi connectivity index (χ0v) is 14.9. The first kappa shape index (κ1) is 17.8. The van der Waals surface area contributed by atoms with Gasteiger partial charge in [0.15, 0.2) is 0 Å². The Bertz CT molecular complexity index is 737. The average Bonchev–Trinajstić information content (AvgIpc) is 2.67. The van der Waals surface area contributed by atoms with Crippen molar-refractivity contribution in [3.8, 4) is 0 Å². The number of hydrogen-bond acceptors (Lipinski definition) is 3.